The number of rotatable bonds is 5. The highest BCUT2D eigenvalue weighted by molar-refractivity contribution is 7.89. The van der Waals surface area contributed by atoms with Crippen molar-refractivity contribution in [3.05, 3.63) is 11.4 Å². The van der Waals surface area contributed by atoms with Gasteiger partial charge in [-0.3, -0.25) is 5.10 Å². The molecule has 0 fully saturated rings. The molecule has 2 N–H and O–H groups in total. The highest BCUT2D eigenvalue weighted by atomic mass is 32.2. The average Bonchev–Trinajstić information content (AvgIpc) is 2.67. The minimum absolute atomic E-state index is 0.00563. The van der Waals surface area contributed by atoms with Gasteiger partial charge in [-0.15, -0.1) is 6.42 Å². The Morgan fingerprint density at radius 2 is 2.24 bits per heavy atom. The van der Waals surface area contributed by atoms with Gasteiger partial charge < -0.3 is 5.11 Å². The molecule has 7 heteroatoms. The minimum Gasteiger partial charge on any atom is -0.390 e. The molecule has 0 radical (unpaired) electrons. The average molecular weight is 257 g/mol. The molecule has 0 saturated carbocycles. The van der Waals surface area contributed by atoms with Gasteiger partial charge in [0.2, 0.25) is 10.0 Å². The fraction of sp³-hybridized carbons (Fsp3) is 0.500. The predicted molar refractivity (Wildman–Crippen MR) is 62.5 cm³/mol. The van der Waals surface area contributed by atoms with Crippen LogP contribution in [0.5, 0.6) is 0 Å². The van der Waals surface area contributed by atoms with Gasteiger partial charge in [0.15, 0.2) is 0 Å². The summed E-state index contributed by atoms with van der Waals surface area (Å²) >= 11 is 0. The first kappa shape index (κ1) is 13.7. The van der Waals surface area contributed by atoms with Crippen molar-refractivity contribution in [2.45, 2.75) is 25.3 Å². The molecule has 0 aliphatic rings. The quantitative estimate of drug-likeness (QED) is 0.718. The van der Waals surface area contributed by atoms with E-state index in [1.807, 2.05) is 0 Å². The minimum atomic E-state index is -3.71. The number of aliphatic hydroxyl groups is 1. The Balaban J connectivity index is 3.30. The number of aromatic amines is 1. The van der Waals surface area contributed by atoms with Gasteiger partial charge in [-0.25, -0.2) is 8.42 Å². The molecule has 0 atom stereocenters. The van der Waals surface area contributed by atoms with Gasteiger partial charge in [-0.1, -0.05) is 12.8 Å². The summed E-state index contributed by atoms with van der Waals surface area (Å²) in [6.45, 7) is 3.11. The van der Waals surface area contributed by atoms with Gasteiger partial charge in [0, 0.05) is 6.54 Å². The van der Waals surface area contributed by atoms with Gasteiger partial charge in [0.25, 0.3) is 0 Å². The van der Waals surface area contributed by atoms with Crippen LogP contribution in [0.3, 0.4) is 0 Å². The Morgan fingerprint density at radius 1 is 1.59 bits per heavy atom. The summed E-state index contributed by atoms with van der Waals surface area (Å²) in [6, 6.07) is 0. The first-order valence-corrected chi connectivity index (χ1v) is 6.51. The monoisotopic (exact) mass is 257 g/mol. The lowest BCUT2D eigenvalue weighted by molar-refractivity contribution is 0.273. The maximum atomic E-state index is 12.3. The van der Waals surface area contributed by atoms with Gasteiger partial charge in [0.05, 0.1) is 18.8 Å². The number of aliphatic hydroxyl groups excluding tert-OH is 1. The third kappa shape index (κ3) is 2.49. The molecule has 6 nitrogen and oxygen atoms in total. The number of sulfonamides is 1. The van der Waals surface area contributed by atoms with Crippen LogP contribution in [-0.4, -0.2) is 41.1 Å². The molecule has 0 aliphatic carbocycles. The molecule has 0 bridgehead atoms. The van der Waals surface area contributed by atoms with Crippen molar-refractivity contribution in [2.75, 3.05) is 13.1 Å². The van der Waals surface area contributed by atoms with E-state index in [1.165, 1.54) is 0 Å². The highest BCUT2D eigenvalue weighted by Gasteiger charge is 2.29. The van der Waals surface area contributed by atoms with E-state index in [-0.39, 0.29) is 23.7 Å². The number of nitrogens with zero attached hydrogens (tertiary/aromatic N) is 2. The second kappa shape index (κ2) is 5.31. The topological polar surface area (TPSA) is 86.3 Å². The fourth-order valence-corrected chi connectivity index (χ4v) is 3.20. The maximum absolute atomic E-state index is 12.3. The SMILES string of the molecule is C#CCN(CC)S(=O)(=O)c1c(CO)n[nH]c1C. The third-order valence-electron chi connectivity index (χ3n) is 2.33. The standard InChI is InChI=1S/C10H15N3O3S/c1-4-6-13(5-2)17(15,16)10-8(3)11-12-9(10)7-14/h1,14H,5-7H2,2-3H3,(H,11,12). The van der Waals surface area contributed by atoms with E-state index >= 15 is 0 Å². The van der Waals surface area contributed by atoms with Gasteiger partial charge in [-0.2, -0.15) is 9.40 Å². The van der Waals surface area contributed by atoms with Crippen LogP contribution < -0.4 is 0 Å². The van der Waals surface area contributed by atoms with Crippen LogP contribution in [0.2, 0.25) is 0 Å². The number of hydrogen-bond donors (Lipinski definition) is 2. The summed E-state index contributed by atoms with van der Waals surface area (Å²) in [5, 5.41) is 15.4. The summed E-state index contributed by atoms with van der Waals surface area (Å²) in [4.78, 5) is 0.0112. The van der Waals surface area contributed by atoms with E-state index in [9.17, 15) is 8.42 Å². The lowest BCUT2D eigenvalue weighted by Crippen LogP contribution is -2.32. The smallest absolute Gasteiger partial charge is 0.247 e. The van der Waals surface area contributed by atoms with Crippen molar-refractivity contribution < 1.29 is 13.5 Å². The van der Waals surface area contributed by atoms with Crippen LogP contribution in [0.15, 0.2) is 4.90 Å². The first-order valence-electron chi connectivity index (χ1n) is 5.07. The van der Waals surface area contributed by atoms with E-state index in [4.69, 9.17) is 11.5 Å². The van der Waals surface area contributed by atoms with Crippen molar-refractivity contribution >= 4 is 10.0 Å². The van der Waals surface area contributed by atoms with Crippen LogP contribution in [0.1, 0.15) is 18.3 Å². The van der Waals surface area contributed by atoms with Crippen molar-refractivity contribution in [3.63, 3.8) is 0 Å². The molecule has 1 rings (SSSR count). The van der Waals surface area contributed by atoms with Crippen LogP contribution in [0, 0.1) is 19.3 Å². The van der Waals surface area contributed by atoms with E-state index < -0.39 is 16.6 Å². The van der Waals surface area contributed by atoms with Crippen molar-refractivity contribution in [1.82, 2.24) is 14.5 Å². The fourth-order valence-electron chi connectivity index (χ4n) is 1.52. The summed E-state index contributed by atoms with van der Waals surface area (Å²) in [5.41, 5.74) is 0.502. The van der Waals surface area contributed by atoms with Gasteiger partial charge >= 0.3 is 0 Å². The van der Waals surface area contributed by atoms with Crippen molar-refractivity contribution in [1.29, 1.82) is 0 Å². The Morgan fingerprint density at radius 3 is 2.71 bits per heavy atom. The second-order valence-electron chi connectivity index (χ2n) is 3.42. The second-order valence-corrected chi connectivity index (χ2v) is 5.29. The van der Waals surface area contributed by atoms with E-state index in [0.29, 0.717) is 5.69 Å². The van der Waals surface area contributed by atoms with E-state index in [2.05, 4.69) is 16.1 Å². The largest absolute Gasteiger partial charge is 0.390 e. The number of aromatic nitrogens is 2. The number of aryl methyl sites for hydroxylation is 1. The lowest BCUT2D eigenvalue weighted by atomic mass is 10.4. The number of H-pyrrole nitrogens is 1. The molecule has 0 unspecified atom stereocenters. The molecular weight excluding hydrogens is 242 g/mol. The summed E-state index contributed by atoms with van der Waals surface area (Å²) < 4.78 is 25.7. The molecule has 0 saturated heterocycles. The predicted octanol–water partition coefficient (Wildman–Crippen LogP) is -0.146. The maximum Gasteiger partial charge on any atom is 0.247 e. The zero-order valence-electron chi connectivity index (χ0n) is 9.77. The Labute approximate surface area is 101 Å². The number of hydrogen-bond acceptors (Lipinski definition) is 4. The van der Waals surface area contributed by atoms with Crippen LogP contribution in [0.4, 0.5) is 0 Å². The first-order chi connectivity index (χ1) is 7.98. The summed E-state index contributed by atoms with van der Waals surface area (Å²) in [7, 11) is -3.71. The van der Waals surface area contributed by atoms with Gasteiger partial charge in [-0.05, 0) is 6.92 Å². The number of nitrogens with one attached hydrogen (secondary N) is 1. The Bertz CT molecular complexity index is 527. The molecule has 17 heavy (non-hydrogen) atoms. The summed E-state index contributed by atoms with van der Waals surface area (Å²) in [5.74, 6) is 2.30. The summed E-state index contributed by atoms with van der Waals surface area (Å²) in [6.07, 6.45) is 5.13. The molecule has 0 aromatic carbocycles. The normalized spacial score (nSPS) is 11.7. The molecule has 0 spiro atoms. The van der Waals surface area contributed by atoms with E-state index in [1.54, 1.807) is 13.8 Å². The molecule has 0 aliphatic heterocycles. The Kier molecular flexibility index (Phi) is 4.28. The van der Waals surface area contributed by atoms with Crippen molar-refractivity contribution in [2.24, 2.45) is 0 Å². The van der Waals surface area contributed by atoms with Crippen molar-refractivity contribution in [3.8, 4) is 12.3 Å². The third-order valence-corrected chi connectivity index (χ3v) is 4.45. The molecule has 94 valence electrons. The van der Waals surface area contributed by atoms with Crippen LogP contribution in [0.25, 0.3) is 0 Å². The van der Waals surface area contributed by atoms with Crippen LogP contribution >= 0.6 is 0 Å². The molecule has 0 amide bonds. The van der Waals surface area contributed by atoms with E-state index in [0.717, 1.165) is 4.31 Å². The zero-order chi connectivity index (χ0) is 13.1. The highest BCUT2D eigenvalue weighted by Crippen LogP contribution is 2.21. The lowest BCUT2D eigenvalue weighted by Gasteiger charge is -2.17. The van der Waals surface area contributed by atoms with Crippen LogP contribution in [-0.2, 0) is 16.6 Å². The Hall–Kier alpha value is -1.36. The molecule has 1 aromatic heterocycles. The zero-order valence-corrected chi connectivity index (χ0v) is 10.6. The molecule has 1 aromatic rings. The molecule has 1 heterocycles. The molecular formula is C10H15N3O3S. The van der Waals surface area contributed by atoms with Gasteiger partial charge in [0.1, 0.15) is 10.6 Å². The number of terminal acetylenes is 1.